The molecule has 1 aromatic carbocycles. The summed E-state index contributed by atoms with van der Waals surface area (Å²) in [6.07, 6.45) is 3.41. The Kier molecular flexibility index (Phi) is 3.15. The molecule has 0 unspecified atom stereocenters. The van der Waals surface area contributed by atoms with Crippen LogP contribution in [0, 0.1) is 10.1 Å². The molecule has 0 aliphatic rings. The van der Waals surface area contributed by atoms with Gasteiger partial charge in [-0.15, -0.1) is 0 Å². The van der Waals surface area contributed by atoms with Crippen molar-refractivity contribution in [3.8, 4) is 0 Å². The van der Waals surface area contributed by atoms with E-state index in [1.165, 1.54) is 12.1 Å². The first-order valence-electron chi connectivity index (χ1n) is 5.13. The first kappa shape index (κ1) is 11.3. The molecule has 2 N–H and O–H groups in total. The largest absolute Gasteiger partial charge is 0.329 e. The van der Waals surface area contributed by atoms with Crippen molar-refractivity contribution >= 4 is 5.69 Å². The Morgan fingerprint density at radius 2 is 2.06 bits per heavy atom. The van der Waals surface area contributed by atoms with Gasteiger partial charge < -0.3 is 10.3 Å². The Hall–Kier alpha value is -2.21. The van der Waals surface area contributed by atoms with Gasteiger partial charge >= 0.3 is 0 Å². The van der Waals surface area contributed by atoms with Crippen LogP contribution in [0.2, 0.25) is 0 Å². The van der Waals surface area contributed by atoms with Crippen LogP contribution in [-0.4, -0.2) is 14.5 Å². The number of hydrogen-bond acceptors (Lipinski definition) is 4. The van der Waals surface area contributed by atoms with Gasteiger partial charge in [0.25, 0.3) is 5.69 Å². The fourth-order valence-corrected chi connectivity index (χ4v) is 1.58. The topological polar surface area (TPSA) is 87.0 Å². The predicted octanol–water partition coefficient (Wildman–Crippen LogP) is 1.30. The molecule has 2 rings (SSSR count). The lowest BCUT2D eigenvalue weighted by Crippen LogP contribution is -2.07. The highest BCUT2D eigenvalue weighted by Gasteiger charge is 2.05. The van der Waals surface area contributed by atoms with E-state index in [0.29, 0.717) is 13.1 Å². The second-order valence-corrected chi connectivity index (χ2v) is 3.64. The minimum Gasteiger partial charge on any atom is -0.329 e. The quantitative estimate of drug-likeness (QED) is 0.635. The number of hydrogen-bond donors (Lipinski definition) is 1. The van der Waals surface area contributed by atoms with Crippen molar-refractivity contribution in [3.05, 3.63) is 58.2 Å². The van der Waals surface area contributed by atoms with E-state index in [4.69, 9.17) is 5.73 Å². The van der Waals surface area contributed by atoms with Crippen LogP contribution >= 0.6 is 0 Å². The average Bonchev–Trinajstić information content (AvgIpc) is 2.77. The van der Waals surface area contributed by atoms with Crippen molar-refractivity contribution in [1.82, 2.24) is 9.55 Å². The zero-order valence-electron chi connectivity index (χ0n) is 9.11. The fraction of sp³-hybridized carbons (Fsp3) is 0.182. The fourth-order valence-electron chi connectivity index (χ4n) is 1.58. The standard InChI is InChI=1S/C11H12N4O2/c12-5-11-6-13-8-14(11)7-9-1-3-10(4-2-9)15(16)17/h1-4,6,8H,5,7,12H2. The monoisotopic (exact) mass is 232 g/mol. The third-order valence-corrected chi connectivity index (χ3v) is 2.51. The molecule has 0 saturated carbocycles. The summed E-state index contributed by atoms with van der Waals surface area (Å²) in [5, 5.41) is 10.5. The Labute approximate surface area is 97.9 Å². The van der Waals surface area contributed by atoms with Gasteiger partial charge in [-0.05, 0) is 5.56 Å². The minimum absolute atomic E-state index is 0.0958. The molecule has 0 fully saturated rings. The van der Waals surface area contributed by atoms with Gasteiger partial charge in [-0.3, -0.25) is 10.1 Å². The average molecular weight is 232 g/mol. The summed E-state index contributed by atoms with van der Waals surface area (Å²) in [5.41, 5.74) is 7.57. The van der Waals surface area contributed by atoms with E-state index in [1.807, 2.05) is 4.57 Å². The molecule has 6 nitrogen and oxygen atoms in total. The van der Waals surface area contributed by atoms with E-state index in [-0.39, 0.29) is 5.69 Å². The van der Waals surface area contributed by atoms with Gasteiger partial charge in [0.15, 0.2) is 0 Å². The summed E-state index contributed by atoms with van der Waals surface area (Å²) in [6.45, 7) is 1.04. The third kappa shape index (κ3) is 2.48. The highest BCUT2D eigenvalue weighted by atomic mass is 16.6. The molecule has 0 saturated heterocycles. The molecule has 0 aliphatic heterocycles. The summed E-state index contributed by atoms with van der Waals surface area (Å²) in [6, 6.07) is 6.46. The summed E-state index contributed by atoms with van der Waals surface area (Å²) in [7, 11) is 0. The van der Waals surface area contributed by atoms with Crippen molar-refractivity contribution in [1.29, 1.82) is 0 Å². The number of benzene rings is 1. The highest BCUT2D eigenvalue weighted by Crippen LogP contribution is 2.13. The molecule has 0 amide bonds. The van der Waals surface area contributed by atoms with Crippen molar-refractivity contribution in [2.24, 2.45) is 5.73 Å². The summed E-state index contributed by atoms with van der Waals surface area (Å²) < 4.78 is 1.92. The molecule has 0 atom stereocenters. The normalized spacial score (nSPS) is 10.4. The lowest BCUT2D eigenvalue weighted by Gasteiger charge is -2.06. The molecule has 2 aromatic rings. The number of nitrogens with two attached hydrogens (primary N) is 1. The molecular weight excluding hydrogens is 220 g/mol. The van der Waals surface area contributed by atoms with Crippen LogP contribution in [0.5, 0.6) is 0 Å². The molecule has 1 heterocycles. The van der Waals surface area contributed by atoms with Gasteiger partial charge in [0.1, 0.15) is 0 Å². The number of nitrogens with zero attached hydrogens (tertiary/aromatic N) is 3. The molecule has 1 aromatic heterocycles. The van der Waals surface area contributed by atoms with Crippen molar-refractivity contribution in [2.75, 3.05) is 0 Å². The number of imidazole rings is 1. The second-order valence-electron chi connectivity index (χ2n) is 3.64. The molecular formula is C11H12N4O2. The third-order valence-electron chi connectivity index (χ3n) is 2.51. The zero-order chi connectivity index (χ0) is 12.3. The lowest BCUT2D eigenvalue weighted by atomic mass is 10.2. The van der Waals surface area contributed by atoms with Crippen LogP contribution in [0.3, 0.4) is 0 Å². The molecule has 0 aliphatic carbocycles. The Bertz CT molecular complexity index is 519. The summed E-state index contributed by atoms with van der Waals surface area (Å²) in [4.78, 5) is 14.1. The van der Waals surface area contributed by atoms with Crippen LogP contribution in [0.25, 0.3) is 0 Å². The number of rotatable bonds is 4. The van der Waals surface area contributed by atoms with Crippen molar-refractivity contribution < 1.29 is 4.92 Å². The maximum Gasteiger partial charge on any atom is 0.269 e. The number of nitro groups is 1. The van der Waals surface area contributed by atoms with E-state index in [0.717, 1.165) is 11.3 Å². The van der Waals surface area contributed by atoms with E-state index in [9.17, 15) is 10.1 Å². The van der Waals surface area contributed by atoms with E-state index < -0.39 is 4.92 Å². The van der Waals surface area contributed by atoms with Gasteiger partial charge in [0.05, 0.1) is 16.9 Å². The zero-order valence-corrected chi connectivity index (χ0v) is 9.11. The summed E-state index contributed by atoms with van der Waals surface area (Å²) >= 11 is 0. The lowest BCUT2D eigenvalue weighted by molar-refractivity contribution is -0.384. The van der Waals surface area contributed by atoms with Gasteiger partial charge in [-0.2, -0.15) is 0 Å². The Morgan fingerprint density at radius 1 is 1.35 bits per heavy atom. The van der Waals surface area contributed by atoms with E-state index in [1.54, 1.807) is 24.7 Å². The van der Waals surface area contributed by atoms with Crippen LogP contribution < -0.4 is 5.73 Å². The maximum atomic E-state index is 10.5. The first-order chi connectivity index (χ1) is 8.20. The Morgan fingerprint density at radius 3 is 2.65 bits per heavy atom. The highest BCUT2D eigenvalue weighted by molar-refractivity contribution is 5.33. The summed E-state index contributed by atoms with van der Waals surface area (Å²) in [5.74, 6) is 0. The van der Waals surface area contributed by atoms with E-state index >= 15 is 0 Å². The van der Waals surface area contributed by atoms with Crippen LogP contribution in [0.1, 0.15) is 11.3 Å². The van der Waals surface area contributed by atoms with Crippen LogP contribution in [-0.2, 0) is 13.1 Å². The molecule has 0 spiro atoms. The second kappa shape index (κ2) is 4.75. The van der Waals surface area contributed by atoms with Gasteiger partial charge in [0.2, 0.25) is 0 Å². The van der Waals surface area contributed by atoms with Crippen molar-refractivity contribution in [3.63, 3.8) is 0 Å². The molecule has 6 heteroatoms. The molecule has 0 radical (unpaired) electrons. The van der Waals surface area contributed by atoms with Gasteiger partial charge in [-0.25, -0.2) is 4.98 Å². The molecule has 17 heavy (non-hydrogen) atoms. The van der Waals surface area contributed by atoms with Gasteiger partial charge in [0, 0.05) is 31.4 Å². The number of aromatic nitrogens is 2. The van der Waals surface area contributed by atoms with Crippen LogP contribution in [0.15, 0.2) is 36.8 Å². The smallest absolute Gasteiger partial charge is 0.269 e. The first-order valence-corrected chi connectivity index (χ1v) is 5.13. The minimum atomic E-state index is -0.410. The van der Waals surface area contributed by atoms with Gasteiger partial charge in [-0.1, -0.05) is 12.1 Å². The number of nitro benzene ring substituents is 1. The van der Waals surface area contributed by atoms with Crippen molar-refractivity contribution in [2.45, 2.75) is 13.1 Å². The molecule has 0 bridgehead atoms. The van der Waals surface area contributed by atoms with E-state index in [2.05, 4.69) is 4.98 Å². The number of non-ortho nitro benzene ring substituents is 1. The maximum absolute atomic E-state index is 10.5. The SMILES string of the molecule is NCc1cncn1Cc1ccc([N+](=O)[O-])cc1. The Balaban J connectivity index is 2.16. The van der Waals surface area contributed by atoms with Crippen LogP contribution in [0.4, 0.5) is 5.69 Å². The predicted molar refractivity (Wildman–Crippen MR) is 62.3 cm³/mol. The molecule has 88 valence electrons.